The molecule has 0 aliphatic heterocycles. The smallest absolute Gasteiger partial charge is 0.322 e. The van der Waals surface area contributed by atoms with Gasteiger partial charge < -0.3 is 10.2 Å². The highest BCUT2D eigenvalue weighted by molar-refractivity contribution is 6.15. The van der Waals surface area contributed by atoms with Crippen molar-refractivity contribution >= 4 is 23.5 Å². The Hall–Kier alpha value is -1.55. The first kappa shape index (κ1) is 13.4. The van der Waals surface area contributed by atoms with E-state index in [1.807, 2.05) is 0 Å². The number of hydrogen-bond acceptors (Lipinski definition) is 2. The van der Waals surface area contributed by atoms with Gasteiger partial charge in [0.05, 0.1) is 0 Å². The zero-order valence-corrected chi connectivity index (χ0v) is 8.81. The summed E-state index contributed by atoms with van der Waals surface area (Å²) in [6, 6.07) is 7.87. The molecular formula is C10H11ClO4. The summed E-state index contributed by atoms with van der Waals surface area (Å²) < 4.78 is 0. The number of rotatable bonds is 3. The number of carbonyl (C=O) groups is 2. The molecule has 2 N–H and O–H groups in total. The lowest BCUT2D eigenvalue weighted by Gasteiger charge is -2.06. The largest absolute Gasteiger partial charge is 0.480 e. The number of halogens is 1. The van der Waals surface area contributed by atoms with Crippen LogP contribution in [-0.2, 0) is 9.59 Å². The number of carboxylic acids is 2. The SMILES string of the molecule is CCl.O=C(O)C(C(=O)O)c1ccccc1. The quantitative estimate of drug-likeness (QED) is 0.613. The van der Waals surface area contributed by atoms with Crippen LogP contribution in [0.25, 0.3) is 0 Å². The van der Waals surface area contributed by atoms with Crippen LogP contribution in [-0.4, -0.2) is 28.5 Å². The van der Waals surface area contributed by atoms with Crippen LogP contribution in [0.4, 0.5) is 0 Å². The fourth-order valence-corrected chi connectivity index (χ4v) is 1.04. The standard InChI is InChI=1S/C9H8O4.CH3Cl/c10-8(11)7(9(12)13)6-4-2-1-3-5-6;1-2/h1-5,7H,(H,10,11)(H,12,13);1H3. The first-order chi connectivity index (χ1) is 7.13. The molecule has 0 saturated carbocycles. The maximum atomic E-state index is 10.6. The Bertz CT molecular complexity index is 309. The van der Waals surface area contributed by atoms with Crippen molar-refractivity contribution in [3.63, 3.8) is 0 Å². The van der Waals surface area contributed by atoms with Crippen molar-refractivity contribution in [2.75, 3.05) is 6.38 Å². The fourth-order valence-electron chi connectivity index (χ4n) is 1.04. The zero-order valence-electron chi connectivity index (χ0n) is 8.05. The lowest BCUT2D eigenvalue weighted by molar-refractivity contribution is -0.150. The van der Waals surface area contributed by atoms with E-state index < -0.39 is 17.9 Å². The Morgan fingerprint density at radius 3 is 1.80 bits per heavy atom. The molecule has 0 aliphatic rings. The summed E-state index contributed by atoms with van der Waals surface area (Å²) >= 11 is 4.64. The van der Waals surface area contributed by atoms with E-state index in [1.54, 1.807) is 18.2 Å². The molecule has 5 heteroatoms. The van der Waals surface area contributed by atoms with E-state index in [9.17, 15) is 9.59 Å². The zero-order chi connectivity index (χ0) is 11.8. The van der Waals surface area contributed by atoms with Crippen LogP contribution in [0.1, 0.15) is 11.5 Å². The van der Waals surface area contributed by atoms with Crippen LogP contribution >= 0.6 is 11.6 Å². The van der Waals surface area contributed by atoms with E-state index in [2.05, 4.69) is 11.6 Å². The normalized spacial score (nSPS) is 9.00. The molecule has 4 nitrogen and oxygen atoms in total. The number of carboxylic acid groups (broad SMARTS) is 2. The van der Waals surface area contributed by atoms with Gasteiger partial charge in [0, 0.05) is 6.38 Å². The summed E-state index contributed by atoms with van der Waals surface area (Å²) in [4.78, 5) is 21.1. The molecule has 0 saturated heterocycles. The minimum absolute atomic E-state index is 0.280. The van der Waals surface area contributed by atoms with Crippen LogP contribution in [0.3, 0.4) is 0 Å². The minimum Gasteiger partial charge on any atom is -0.480 e. The van der Waals surface area contributed by atoms with Gasteiger partial charge in [0.2, 0.25) is 0 Å². The highest BCUT2D eigenvalue weighted by Crippen LogP contribution is 2.15. The highest BCUT2D eigenvalue weighted by atomic mass is 35.5. The predicted molar refractivity (Wildman–Crippen MR) is 56.2 cm³/mol. The summed E-state index contributed by atoms with van der Waals surface area (Å²) in [5.41, 5.74) is 0.280. The van der Waals surface area contributed by atoms with E-state index >= 15 is 0 Å². The molecule has 1 aromatic rings. The van der Waals surface area contributed by atoms with Crippen LogP contribution in [0.15, 0.2) is 30.3 Å². The second kappa shape index (κ2) is 6.84. The summed E-state index contributed by atoms with van der Waals surface area (Å²) in [7, 11) is 0. The number of alkyl halides is 1. The molecule has 1 rings (SSSR count). The third-order valence-electron chi connectivity index (χ3n) is 1.63. The third kappa shape index (κ3) is 3.99. The maximum absolute atomic E-state index is 10.6. The van der Waals surface area contributed by atoms with Crippen molar-refractivity contribution in [3.05, 3.63) is 35.9 Å². The van der Waals surface area contributed by atoms with Gasteiger partial charge in [0.25, 0.3) is 0 Å². The van der Waals surface area contributed by atoms with Crippen molar-refractivity contribution in [3.8, 4) is 0 Å². The van der Waals surface area contributed by atoms with E-state index in [0.29, 0.717) is 0 Å². The van der Waals surface area contributed by atoms with Gasteiger partial charge in [-0.15, -0.1) is 11.6 Å². The van der Waals surface area contributed by atoms with Gasteiger partial charge in [-0.3, -0.25) is 9.59 Å². The lowest BCUT2D eigenvalue weighted by atomic mass is 10.00. The monoisotopic (exact) mass is 230 g/mol. The van der Waals surface area contributed by atoms with Gasteiger partial charge in [-0.1, -0.05) is 30.3 Å². The summed E-state index contributed by atoms with van der Waals surface area (Å²) in [6.07, 6.45) is 1.47. The molecule has 0 aliphatic carbocycles. The van der Waals surface area contributed by atoms with Crippen molar-refractivity contribution in [1.82, 2.24) is 0 Å². The Balaban J connectivity index is 0.000000921. The number of benzene rings is 1. The fraction of sp³-hybridized carbons (Fsp3) is 0.200. The van der Waals surface area contributed by atoms with Gasteiger partial charge in [-0.05, 0) is 5.56 Å². The molecule has 82 valence electrons. The van der Waals surface area contributed by atoms with Gasteiger partial charge >= 0.3 is 11.9 Å². The Morgan fingerprint density at radius 1 is 1.07 bits per heavy atom. The third-order valence-corrected chi connectivity index (χ3v) is 1.63. The molecule has 0 radical (unpaired) electrons. The van der Waals surface area contributed by atoms with Crippen molar-refractivity contribution < 1.29 is 19.8 Å². The average molecular weight is 231 g/mol. The van der Waals surface area contributed by atoms with Crippen molar-refractivity contribution in [2.45, 2.75) is 5.92 Å². The molecule has 0 spiro atoms. The van der Waals surface area contributed by atoms with E-state index in [-0.39, 0.29) is 5.56 Å². The van der Waals surface area contributed by atoms with Crippen LogP contribution in [0, 0.1) is 0 Å². The second-order valence-electron chi connectivity index (χ2n) is 2.52. The van der Waals surface area contributed by atoms with Crippen LogP contribution in [0.2, 0.25) is 0 Å². The van der Waals surface area contributed by atoms with E-state index in [4.69, 9.17) is 10.2 Å². The molecule has 0 bridgehead atoms. The highest BCUT2D eigenvalue weighted by Gasteiger charge is 2.27. The lowest BCUT2D eigenvalue weighted by Crippen LogP contribution is -2.20. The summed E-state index contributed by atoms with van der Waals surface area (Å²) in [6.45, 7) is 0. The maximum Gasteiger partial charge on any atom is 0.322 e. The number of aliphatic carboxylic acids is 2. The van der Waals surface area contributed by atoms with Crippen molar-refractivity contribution in [1.29, 1.82) is 0 Å². The van der Waals surface area contributed by atoms with Gasteiger partial charge in [-0.25, -0.2) is 0 Å². The molecular weight excluding hydrogens is 220 g/mol. The van der Waals surface area contributed by atoms with Crippen LogP contribution < -0.4 is 0 Å². The predicted octanol–water partition coefficient (Wildman–Crippen LogP) is 1.79. The van der Waals surface area contributed by atoms with Gasteiger partial charge in [-0.2, -0.15) is 0 Å². The molecule has 1 aromatic carbocycles. The molecule has 0 amide bonds. The Morgan fingerprint density at radius 2 is 1.47 bits per heavy atom. The summed E-state index contributed by atoms with van der Waals surface area (Å²) in [5.74, 6) is -4.17. The van der Waals surface area contributed by atoms with Crippen LogP contribution in [0.5, 0.6) is 0 Å². The van der Waals surface area contributed by atoms with Gasteiger partial charge in [0.15, 0.2) is 5.92 Å². The molecule has 0 unspecified atom stereocenters. The van der Waals surface area contributed by atoms with Crippen molar-refractivity contribution in [2.24, 2.45) is 0 Å². The van der Waals surface area contributed by atoms with Gasteiger partial charge in [0.1, 0.15) is 0 Å². The molecule has 0 aromatic heterocycles. The first-order valence-electron chi connectivity index (χ1n) is 4.01. The molecule has 0 fully saturated rings. The van der Waals surface area contributed by atoms with E-state index in [0.717, 1.165) is 0 Å². The average Bonchev–Trinajstić information content (AvgIpc) is 2.21. The topological polar surface area (TPSA) is 74.6 Å². The molecule has 0 atom stereocenters. The minimum atomic E-state index is -1.47. The molecule has 15 heavy (non-hydrogen) atoms. The Kier molecular flexibility index (Phi) is 6.13. The molecule has 0 heterocycles. The first-order valence-corrected chi connectivity index (χ1v) is 4.77. The summed E-state index contributed by atoms with van der Waals surface area (Å²) in [5, 5.41) is 17.2. The Labute approximate surface area is 92.1 Å². The second-order valence-corrected chi connectivity index (χ2v) is 2.52. The number of hydrogen-bond donors (Lipinski definition) is 2. The van der Waals surface area contributed by atoms with E-state index in [1.165, 1.54) is 18.5 Å².